The van der Waals surface area contributed by atoms with Crippen molar-refractivity contribution in [3.63, 3.8) is 0 Å². The smallest absolute Gasteiger partial charge is 0.248 e. The number of primary amides is 1. The number of nitrogens with zero attached hydrogens (tertiary/aromatic N) is 2. The summed E-state index contributed by atoms with van der Waals surface area (Å²) >= 11 is 0. The highest BCUT2D eigenvalue weighted by Gasteiger charge is 2.11. The Labute approximate surface area is 115 Å². The van der Waals surface area contributed by atoms with Gasteiger partial charge in [-0.3, -0.25) is 4.79 Å². The maximum absolute atomic E-state index is 11.1. The molecule has 0 unspecified atom stereocenters. The molecule has 0 fully saturated rings. The maximum atomic E-state index is 11.1. The predicted octanol–water partition coefficient (Wildman–Crippen LogP) is 2.32. The van der Waals surface area contributed by atoms with E-state index in [-0.39, 0.29) is 22.4 Å². The van der Waals surface area contributed by atoms with E-state index < -0.39 is 5.91 Å². The summed E-state index contributed by atoms with van der Waals surface area (Å²) in [6, 6.07) is 14.8. The Morgan fingerprint density at radius 1 is 1.05 bits per heavy atom. The van der Waals surface area contributed by atoms with E-state index in [2.05, 4.69) is 0 Å². The number of amides is 1. The third-order valence-corrected chi connectivity index (χ3v) is 2.59. The monoisotopic (exact) mass is 263 g/mol. The summed E-state index contributed by atoms with van der Waals surface area (Å²) in [6.45, 7) is 0. The van der Waals surface area contributed by atoms with Crippen molar-refractivity contribution < 1.29 is 9.53 Å². The van der Waals surface area contributed by atoms with Crippen LogP contribution in [0.3, 0.4) is 0 Å². The first kappa shape index (κ1) is 13.1. The number of rotatable bonds is 3. The van der Waals surface area contributed by atoms with Gasteiger partial charge in [0.15, 0.2) is 5.75 Å². The molecule has 5 heteroatoms. The lowest BCUT2D eigenvalue weighted by Gasteiger charge is -2.09. The molecule has 0 radical (unpaired) electrons. The average molecular weight is 263 g/mol. The predicted molar refractivity (Wildman–Crippen MR) is 70.9 cm³/mol. The van der Waals surface area contributed by atoms with Crippen LogP contribution in [0.4, 0.5) is 0 Å². The summed E-state index contributed by atoms with van der Waals surface area (Å²) in [6.07, 6.45) is 0. The lowest BCUT2D eigenvalue weighted by atomic mass is 10.1. The summed E-state index contributed by atoms with van der Waals surface area (Å²) in [5.41, 5.74) is 5.96. The molecule has 0 saturated carbocycles. The Morgan fingerprint density at radius 3 is 2.20 bits per heavy atom. The number of carbonyl (C=O) groups excluding carboxylic acids is 1. The van der Waals surface area contributed by atoms with E-state index in [9.17, 15) is 4.79 Å². The first-order valence-electron chi connectivity index (χ1n) is 5.66. The van der Waals surface area contributed by atoms with Gasteiger partial charge in [0.1, 0.15) is 17.9 Å². The van der Waals surface area contributed by atoms with Crippen LogP contribution in [0.5, 0.6) is 11.5 Å². The van der Waals surface area contributed by atoms with Crippen LogP contribution in [-0.4, -0.2) is 5.91 Å². The molecule has 0 saturated heterocycles. The lowest BCUT2D eigenvalue weighted by molar-refractivity contribution is 0.1000. The van der Waals surface area contributed by atoms with Crippen LogP contribution >= 0.6 is 0 Å². The Hall–Kier alpha value is -3.31. The van der Waals surface area contributed by atoms with Gasteiger partial charge in [-0.1, -0.05) is 12.1 Å². The molecular formula is C15H9N3O2. The molecule has 0 atom stereocenters. The summed E-state index contributed by atoms with van der Waals surface area (Å²) in [4.78, 5) is 11.1. The number of nitriles is 2. The van der Waals surface area contributed by atoms with Crippen molar-refractivity contribution in [2.24, 2.45) is 5.73 Å². The van der Waals surface area contributed by atoms with Crippen LogP contribution in [0.2, 0.25) is 0 Å². The molecule has 0 heterocycles. The zero-order valence-electron chi connectivity index (χ0n) is 10.3. The van der Waals surface area contributed by atoms with Crippen molar-refractivity contribution in [3.8, 4) is 23.6 Å². The third kappa shape index (κ3) is 2.58. The van der Waals surface area contributed by atoms with Crippen LogP contribution in [0, 0.1) is 22.7 Å². The molecule has 2 N–H and O–H groups in total. The van der Waals surface area contributed by atoms with Gasteiger partial charge in [0.25, 0.3) is 0 Å². The number of hydrogen-bond donors (Lipinski definition) is 1. The van der Waals surface area contributed by atoms with Gasteiger partial charge >= 0.3 is 0 Å². The largest absolute Gasteiger partial charge is 0.455 e. The van der Waals surface area contributed by atoms with E-state index in [4.69, 9.17) is 21.0 Å². The zero-order chi connectivity index (χ0) is 14.5. The molecule has 5 nitrogen and oxygen atoms in total. The highest BCUT2D eigenvalue weighted by atomic mass is 16.5. The molecule has 2 aromatic rings. The number of nitrogens with two attached hydrogens (primary N) is 1. The highest BCUT2D eigenvalue weighted by molar-refractivity contribution is 5.93. The van der Waals surface area contributed by atoms with E-state index in [1.54, 1.807) is 36.4 Å². The van der Waals surface area contributed by atoms with E-state index in [1.165, 1.54) is 6.07 Å². The van der Waals surface area contributed by atoms with Crippen LogP contribution in [0.25, 0.3) is 0 Å². The molecule has 96 valence electrons. The van der Waals surface area contributed by atoms with E-state index in [0.717, 1.165) is 0 Å². The minimum Gasteiger partial charge on any atom is -0.455 e. The molecule has 0 aromatic heterocycles. The van der Waals surface area contributed by atoms with Crippen LogP contribution in [0.15, 0.2) is 42.5 Å². The highest BCUT2D eigenvalue weighted by Crippen LogP contribution is 2.29. The first-order valence-corrected chi connectivity index (χ1v) is 5.66. The normalized spacial score (nSPS) is 9.30. The quantitative estimate of drug-likeness (QED) is 0.918. The second kappa shape index (κ2) is 5.55. The number of hydrogen-bond acceptors (Lipinski definition) is 4. The molecule has 20 heavy (non-hydrogen) atoms. The molecule has 2 rings (SSSR count). The van der Waals surface area contributed by atoms with Crippen molar-refractivity contribution in [3.05, 3.63) is 59.2 Å². The average Bonchev–Trinajstić information content (AvgIpc) is 2.47. The third-order valence-electron chi connectivity index (χ3n) is 2.59. The van der Waals surface area contributed by atoms with E-state index >= 15 is 0 Å². The fourth-order valence-electron chi connectivity index (χ4n) is 1.65. The first-order chi connectivity index (χ1) is 9.65. The minimum atomic E-state index is -0.579. The van der Waals surface area contributed by atoms with Gasteiger partial charge in [-0.25, -0.2) is 0 Å². The Balaban J connectivity index is 2.45. The Morgan fingerprint density at radius 2 is 1.65 bits per heavy atom. The van der Waals surface area contributed by atoms with Crippen LogP contribution < -0.4 is 10.5 Å². The van der Waals surface area contributed by atoms with Crippen molar-refractivity contribution in [2.75, 3.05) is 0 Å². The van der Waals surface area contributed by atoms with Crippen molar-refractivity contribution >= 4 is 5.91 Å². The molecule has 2 aromatic carbocycles. The minimum absolute atomic E-state index is 0.166. The fourth-order valence-corrected chi connectivity index (χ4v) is 1.65. The van der Waals surface area contributed by atoms with Crippen LogP contribution in [0.1, 0.15) is 21.5 Å². The Kier molecular flexibility index (Phi) is 3.65. The van der Waals surface area contributed by atoms with Gasteiger partial charge in [0.2, 0.25) is 5.91 Å². The van der Waals surface area contributed by atoms with Crippen molar-refractivity contribution in [1.82, 2.24) is 0 Å². The summed E-state index contributed by atoms with van der Waals surface area (Å²) in [5.74, 6) is -0.0795. The number of ether oxygens (including phenoxy) is 1. The van der Waals surface area contributed by atoms with Gasteiger partial charge in [-0.2, -0.15) is 10.5 Å². The second-order valence-corrected chi connectivity index (χ2v) is 3.90. The van der Waals surface area contributed by atoms with Gasteiger partial charge in [0.05, 0.1) is 11.1 Å². The molecule has 0 aliphatic rings. The van der Waals surface area contributed by atoms with Gasteiger partial charge in [-0.05, 0) is 30.3 Å². The number of para-hydroxylation sites is 1. The van der Waals surface area contributed by atoms with Crippen LogP contribution in [-0.2, 0) is 0 Å². The van der Waals surface area contributed by atoms with E-state index in [0.29, 0.717) is 5.75 Å². The van der Waals surface area contributed by atoms with Gasteiger partial charge in [0, 0.05) is 5.56 Å². The number of benzene rings is 2. The summed E-state index contributed by atoms with van der Waals surface area (Å²) in [5, 5.41) is 18.1. The van der Waals surface area contributed by atoms with Gasteiger partial charge < -0.3 is 10.5 Å². The van der Waals surface area contributed by atoms with Crippen molar-refractivity contribution in [1.29, 1.82) is 10.5 Å². The lowest BCUT2D eigenvalue weighted by Crippen LogP contribution is -2.10. The molecule has 0 spiro atoms. The standard InChI is InChI=1S/C15H9N3O2/c16-8-11-4-1-5-12(9-17)14(11)20-13-6-2-3-10(7-13)15(18)19/h1-7H,(H2,18,19). The summed E-state index contributed by atoms with van der Waals surface area (Å²) < 4.78 is 5.56. The molecular weight excluding hydrogens is 254 g/mol. The maximum Gasteiger partial charge on any atom is 0.248 e. The number of carbonyl (C=O) groups is 1. The zero-order valence-corrected chi connectivity index (χ0v) is 10.3. The van der Waals surface area contributed by atoms with E-state index in [1.807, 2.05) is 12.1 Å². The molecule has 0 bridgehead atoms. The molecule has 0 aliphatic heterocycles. The molecule has 1 amide bonds. The Bertz CT molecular complexity index is 722. The van der Waals surface area contributed by atoms with Crippen molar-refractivity contribution in [2.45, 2.75) is 0 Å². The molecule has 0 aliphatic carbocycles. The summed E-state index contributed by atoms with van der Waals surface area (Å²) in [7, 11) is 0. The van der Waals surface area contributed by atoms with Gasteiger partial charge in [-0.15, -0.1) is 0 Å². The fraction of sp³-hybridized carbons (Fsp3) is 0. The SMILES string of the molecule is N#Cc1cccc(C#N)c1Oc1cccc(C(N)=O)c1. The topological polar surface area (TPSA) is 99.9 Å². The second-order valence-electron chi connectivity index (χ2n) is 3.90.